The van der Waals surface area contributed by atoms with Crippen LogP contribution in [0.4, 0.5) is 11.6 Å². The van der Waals surface area contributed by atoms with E-state index < -0.39 is 5.60 Å². The predicted molar refractivity (Wildman–Crippen MR) is 78.8 cm³/mol. The number of hydrogen-bond donors (Lipinski definition) is 3. The molecule has 1 aliphatic heterocycles. The van der Waals surface area contributed by atoms with Gasteiger partial charge in [0, 0.05) is 18.8 Å². The van der Waals surface area contributed by atoms with Gasteiger partial charge in [0.1, 0.15) is 0 Å². The van der Waals surface area contributed by atoms with E-state index in [1.807, 2.05) is 4.90 Å². The molecular weight excluding hydrogens is 256 g/mol. The fourth-order valence-electron chi connectivity index (χ4n) is 2.69. The van der Waals surface area contributed by atoms with Gasteiger partial charge in [0.2, 0.25) is 5.95 Å². The zero-order valence-electron chi connectivity index (χ0n) is 11.4. The Labute approximate surface area is 116 Å². The first-order valence-electron chi connectivity index (χ1n) is 6.71. The normalized spacial score (nSPS) is 23.2. The number of anilines is 2. The first-order valence-corrected chi connectivity index (χ1v) is 6.71. The van der Waals surface area contributed by atoms with Crippen molar-refractivity contribution in [2.24, 2.45) is 0 Å². The number of H-pyrrole nitrogens is 1. The molecule has 1 aromatic carbocycles. The number of nitrogens with zero attached hydrogens (tertiary/aromatic N) is 2. The summed E-state index contributed by atoms with van der Waals surface area (Å²) in [6, 6.07) is 5.09. The fourth-order valence-corrected chi connectivity index (χ4v) is 2.69. The van der Waals surface area contributed by atoms with Crippen molar-refractivity contribution >= 4 is 22.5 Å². The number of β-amino-alcohol motifs (C(OH)–C–C–N with tert-alkyl or cyclic N) is 1. The van der Waals surface area contributed by atoms with E-state index in [0.29, 0.717) is 29.1 Å². The average Bonchev–Trinajstić information content (AvgIpc) is 2.38. The van der Waals surface area contributed by atoms with Crippen LogP contribution >= 0.6 is 0 Å². The summed E-state index contributed by atoms with van der Waals surface area (Å²) < 4.78 is 0. The molecule has 6 heteroatoms. The number of piperidine rings is 1. The van der Waals surface area contributed by atoms with Crippen molar-refractivity contribution in [3.63, 3.8) is 0 Å². The molecule has 2 heterocycles. The van der Waals surface area contributed by atoms with Crippen LogP contribution in [-0.2, 0) is 0 Å². The van der Waals surface area contributed by atoms with Gasteiger partial charge < -0.3 is 15.7 Å². The minimum atomic E-state index is -0.743. The van der Waals surface area contributed by atoms with Crippen molar-refractivity contribution in [3.05, 3.63) is 28.6 Å². The Balaban J connectivity index is 2.05. The van der Waals surface area contributed by atoms with Gasteiger partial charge in [-0.25, -0.2) is 4.98 Å². The monoisotopic (exact) mass is 274 g/mol. The van der Waals surface area contributed by atoms with Crippen LogP contribution in [0.5, 0.6) is 0 Å². The van der Waals surface area contributed by atoms with E-state index in [0.717, 1.165) is 19.4 Å². The number of nitrogens with two attached hydrogens (primary N) is 1. The van der Waals surface area contributed by atoms with Crippen molar-refractivity contribution in [1.29, 1.82) is 0 Å². The molecule has 0 radical (unpaired) electrons. The number of hydrogen-bond acceptors (Lipinski definition) is 5. The average molecular weight is 274 g/mol. The highest BCUT2D eigenvalue weighted by Crippen LogP contribution is 2.23. The van der Waals surface area contributed by atoms with Gasteiger partial charge >= 0.3 is 0 Å². The van der Waals surface area contributed by atoms with Gasteiger partial charge in [-0.1, -0.05) is 0 Å². The second kappa shape index (κ2) is 4.49. The smallest absolute Gasteiger partial charge is 0.260 e. The van der Waals surface area contributed by atoms with Crippen LogP contribution in [0.3, 0.4) is 0 Å². The maximum Gasteiger partial charge on any atom is 0.260 e. The molecule has 1 fully saturated rings. The third kappa shape index (κ3) is 2.34. The second-order valence-electron chi connectivity index (χ2n) is 5.69. The van der Waals surface area contributed by atoms with Crippen LogP contribution in [-0.4, -0.2) is 33.8 Å². The summed E-state index contributed by atoms with van der Waals surface area (Å²) in [5, 5.41) is 10.6. The Bertz CT molecular complexity index is 708. The largest absolute Gasteiger partial charge is 0.399 e. The molecule has 106 valence electrons. The fraction of sp³-hybridized carbons (Fsp3) is 0.429. The zero-order chi connectivity index (χ0) is 14.3. The van der Waals surface area contributed by atoms with Gasteiger partial charge in [-0.05, 0) is 38.0 Å². The molecule has 1 atom stereocenters. The van der Waals surface area contributed by atoms with Crippen LogP contribution in [0, 0.1) is 0 Å². The molecule has 1 aliphatic rings. The lowest BCUT2D eigenvalue weighted by molar-refractivity contribution is 0.0444. The topological polar surface area (TPSA) is 95.2 Å². The highest BCUT2D eigenvalue weighted by atomic mass is 16.3. The zero-order valence-corrected chi connectivity index (χ0v) is 11.4. The number of aromatic amines is 1. The molecule has 1 aromatic heterocycles. The van der Waals surface area contributed by atoms with Crippen LogP contribution < -0.4 is 16.2 Å². The van der Waals surface area contributed by atoms with E-state index >= 15 is 0 Å². The molecule has 0 saturated carbocycles. The SMILES string of the molecule is CC1(O)CCCN(c2nc3ccc(N)cc3c(=O)[nH]2)C1. The number of aromatic nitrogens is 2. The quantitative estimate of drug-likeness (QED) is 0.670. The maximum atomic E-state index is 12.1. The van der Waals surface area contributed by atoms with Gasteiger partial charge in [-0.15, -0.1) is 0 Å². The lowest BCUT2D eigenvalue weighted by atomic mass is 9.95. The summed E-state index contributed by atoms with van der Waals surface area (Å²) in [7, 11) is 0. The Hall–Kier alpha value is -2.08. The predicted octanol–water partition coefficient (Wildman–Crippen LogP) is 0.857. The number of nitrogen functional groups attached to an aromatic ring is 1. The lowest BCUT2D eigenvalue weighted by Crippen LogP contribution is -2.47. The highest BCUT2D eigenvalue weighted by Gasteiger charge is 2.29. The molecular formula is C14H18N4O2. The summed E-state index contributed by atoms with van der Waals surface area (Å²) in [6.07, 6.45) is 1.63. The van der Waals surface area contributed by atoms with Crippen LogP contribution in [0.15, 0.2) is 23.0 Å². The number of aliphatic hydroxyl groups is 1. The maximum absolute atomic E-state index is 12.1. The summed E-state index contributed by atoms with van der Waals surface area (Å²) >= 11 is 0. The van der Waals surface area contributed by atoms with Gasteiger partial charge in [0.25, 0.3) is 5.56 Å². The summed E-state index contributed by atoms with van der Waals surface area (Å²) in [6.45, 7) is 3.05. The number of benzene rings is 1. The molecule has 0 spiro atoms. The Morgan fingerprint density at radius 1 is 1.50 bits per heavy atom. The van der Waals surface area contributed by atoms with E-state index in [2.05, 4.69) is 9.97 Å². The number of nitrogens with one attached hydrogen (secondary N) is 1. The Morgan fingerprint density at radius 3 is 3.05 bits per heavy atom. The van der Waals surface area contributed by atoms with Crippen LogP contribution in [0.2, 0.25) is 0 Å². The molecule has 2 aromatic rings. The molecule has 1 saturated heterocycles. The Morgan fingerprint density at radius 2 is 2.30 bits per heavy atom. The van der Waals surface area contributed by atoms with E-state index in [9.17, 15) is 9.90 Å². The van der Waals surface area contributed by atoms with Gasteiger partial charge in [-0.2, -0.15) is 0 Å². The molecule has 1 unspecified atom stereocenters. The number of fused-ring (bicyclic) bond motifs is 1. The van der Waals surface area contributed by atoms with Crippen LogP contribution in [0.25, 0.3) is 10.9 Å². The molecule has 6 nitrogen and oxygen atoms in total. The van der Waals surface area contributed by atoms with Gasteiger partial charge in [0.05, 0.1) is 16.5 Å². The van der Waals surface area contributed by atoms with E-state index in [1.54, 1.807) is 25.1 Å². The third-order valence-corrected chi connectivity index (χ3v) is 3.69. The summed E-state index contributed by atoms with van der Waals surface area (Å²) in [5.74, 6) is 0.507. The molecule has 0 amide bonds. The third-order valence-electron chi connectivity index (χ3n) is 3.69. The first kappa shape index (κ1) is 12.9. The van der Waals surface area contributed by atoms with E-state index in [4.69, 9.17) is 5.73 Å². The van der Waals surface area contributed by atoms with E-state index in [1.165, 1.54) is 0 Å². The second-order valence-corrected chi connectivity index (χ2v) is 5.69. The minimum absolute atomic E-state index is 0.206. The molecule has 0 aliphatic carbocycles. The van der Waals surface area contributed by atoms with Crippen molar-refractivity contribution in [1.82, 2.24) is 9.97 Å². The number of rotatable bonds is 1. The van der Waals surface area contributed by atoms with Gasteiger partial charge in [0.15, 0.2) is 0 Å². The molecule has 20 heavy (non-hydrogen) atoms. The standard InChI is InChI=1S/C14H18N4O2/c1-14(20)5-2-6-18(8-14)13-16-11-4-3-9(15)7-10(11)12(19)17-13/h3-4,7,20H,2,5-6,8,15H2,1H3,(H,16,17,19). The van der Waals surface area contributed by atoms with Crippen molar-refractivity contribution in [3.8, 4) is 0 Å². The molecule has 4 N–H and O–H groups in total. The lowest BCUT2D eigenvalue weighted by Gasteiger charge is -2.37. The van der Waals surface area contributed by atoms with Crippen molar-refractivity contribution in [2.45, 2.75) is 25.4 Å². The highest BCUT2D eigenvalue weighted by molar-refractivity contribution is 5.81. The molecule has 0 bridgehead atoms. The summed E-state index contributed by atoms with van der Waals surface area (Å²) in [5.41, 5.74) is 5.89. The minimum Gasteiger partial charge on any atom is -0.399 e. The molecule has 3 rings (SSSR count). The van der Waals surface area contributed by atoms with E-state index in [-0.39, 0.29) is 5.56 Å². The van der Waals surface area contributed by atoms with Crippen molar-refractivity contribution in [2.75, 3.05) is 23.7 Å². The van der Waals surface area contributed by atoms with Gasteiger partial charge in [-0.3, -0.25) is 9.78 Å². The van der Waals surface area contributed by atoms with Crippen molar-refractivity contribution < 1.29 is 5.11 Å². The Kier molecular flexibility index (Phi) is 2.90. The first-order chi connectivity index (χ1) is 9.44. The van der Waals surface area contributed by atoms with Crippen LogP contribution in [0.1, 0.15) is 19.8 Å². The summed E-state index contributed by atoms with van der Waals surface area (Å²) in [4.78, 5) is 21.3.